The number of hydrogen-bond acceptors (Lipinski definition) is 2. The molecule has 0 radical (unpaired) electrons. The van der Waals surface area contributed by atoms with Gasteiger partial charge in [-0.05, 0) is 57.3 Å². The molecule has 0 bridgehead atoms. The van der Waals surface area contributed by atoms with E-state index in [9.17, 15) is 0 Å². The van der Waals surface area contributed by atoms with Crippen molar-refractivity contribution in [2.75, 3.05) is 13.1 Å². The minimum Gasteiger partial charge on any atom is -0.399 e. The van der Waals surface area contributed by atoms with Crippen molar-refractivity contribution in [2.24, 2.45) is 11.7 Å². The van der Waals surface area contributed by atoms with Crippen LogP contribution in [0.25, 0.3) is 0 Å². The monoisotopic (exact) mass is 236 g/mol. The van der Waals surface area contributed by atoms with Gasteiger partial charge in [-0.3, -0.25) is 0 Å². The summed E-state index contributed by atoms with van der Waals surface area (Å²) in [6.07, 6.45) is 9.42. The van der Waals surface area contributed by atoms with Crippen LogP contribution in [0.2, 0.25) is 0 Å². The molecule has 3 N–H and O–H groups in total. The van der Waals surface area contributed by atoms with Crippen molar-refractivity contribution in [1.29, 1.82) is 0 Å². The highest BCUT2D eigenvalue weighted by atomic mass is 14.8. The van der Waals surface area contributed by atoms with Crippen LogP contribution in [0.5, 0.6) is 0 Å². The highest BCUT2D eigenvalue weighted by Gasteiger charge is 2.13. The third-order valence-corrected chi connectivity index (χ3v) is 2.92. The molecule has 0 amide bonds. The zero-order chi connectivity index (χ0) is 13.1. The Balaban J connectivity index is 0.00000121. The van der Waals surface area contributed by atoms with Crippen LogP contribution in [0.15, 0.2) is 36.1 Å². The first-order valence-electron chi connectivity index (χ1n) is 6.71. The lowest BCUT2D eigenvalue weighted by Gasteiger charge is -2.14. The normalized spacial score (nSPS) is 22.2. The molecule has 2 heteroatoms. The van der Waals surface area contributed by atoms with E-state index in [-0.39, 0.29) is 0 Å². The van der Waals surface area contributed by atoms with Gasteiger partial charge in [-0.1, -0.05) is 32.1 Å². The van der Waals surface area contributed by atoms with E-state index in [1.807, 2.05) is 19.9 Å². The molecule has 1 fully saturated rings. The van der Waals surface area contributed by atoms with Gasteiger partial charge in [-0.2, -0.15) is 0 Å². The van der Waals surface area contributed by atoms with Gasteiger partial charge >= 0.3 is 0 Å². The molecule has 0 spiro atoms. The summed E-state index contributed by atoms with van der Waals surface area (Å²) in [5, 5.41) is 3.42. The molecule has 1 rings (SSSR count). The first kappa shape index (κ1) is 16.0. The summed E-state index contributed by atoms with van der Waals surface area (Å²) in [5.74, 6) is 0.691. The Morgan fingerprint density at radius 1 is 1.29 bits per heavy atom. The van der Waals surface area contributed by atoms with E-state index in [0.29, 0.717) is 5.92 Å². The van der Waals surface area contributed by atoms with E-state index < -0.39 is 0 Å². The fraction of sp³-hybridized carbons (Fsp3) is 0.600. The number of nitrogens with two attached hydrogens (primary N) is 1. The molecule has 1 unspecified atom stereocenters. The predicted molar refractivity (Wildman–Crippen MR) is 77.8 cm³/mol. The molecule has 0 aromatic heterocycles. The molecule has 0 aromatic rings. The minimum absolute atomic E-state index is 0.691. The van der Waals surface area contributed by atoms with Gasteiger partial charge in [0.1, 0.15) is 0 Å². The van der Waals surface area contributed by atoms with Gasteiger partial charge in [0.05, 0.1) is 0 Å². The van der Waals surface area contributed by atoms with E-state index >= 15 is 0 Å². The van der Waals surface area contributed by atoms with Crippen LogP contribution < -0.4 is 11.1 Å². The third kappa shape index (κ3) is 7.01. The topological polar surface area (TPSA) is 38.0 Å². The fourth-order valence-corrected chi connectivity index (χ4v) is 2.04. The molecule has 98 valence electrons. The molecule has 1 heterocycles. The SMILES string of the molecule is C=C/C=C(N)\C=C(/C)C1CCCNCC1.CC. The van der Waals surface area contributed by atoms with Gasteiger partial charge in [0.25, 0.3) is 0 Å². The van der Waals surface area contributed by atoms with E-state index in [1.165, 1.54) is 24.8 Å². The maximum atomic E-state index is 5.83. The van der Waals surface area contributed by atoms with E-state index in [0.717, 1.165) is 18.8 Å². The average molecular weight is 236 g/mol. The number of nitrogens with one attached hydrogen (secondary N) is 1. The first-order chi connectivity index (χ1) is 8.24. The van der Waals surface area contributed by atoms with E-state index in [1.54, 1.807) is 6.08 Å². The van der Waals surface area contributed by atoms with Gasteiger partial charge < -0.3 is 11.1 Å². The first-order valence-corrected chi connectivity index (χ1v) is 6.71. The van der Waals surface area contributed by atoms with Crippen LogP contribution in [0.4, 0.5) is 0 Å². The maximum Gasteiger partial charge on any atom is 0.0313 e. The molecular formula is C15H28N2. The van der Waals surface area contributed by atoms with Crippen LogP contribution >= 0.6 is 0 Å². The van der Waals surface area contributed by atoms with Gasteiger partial charge in [0.15, 0.2) is 0 Å². The third-order valence-electron chi connectivity index (χ3n) is 2.92. The molecule has 1 aliphatic rings. The molecule has 17 heavy (non-hydrogen) atoms. The lowest BCUT2D eigenvalue weighted by atomic mass is 9.92. The number of rotatable bonds is 3. The van der Waals surface area contributed by atoms with Gasteiger partial charge in [-0.15, -0.1) is 0 Å². The Morgan fingerprint density at radius 3 is 2.65 bits per heavy atom. The summed E-state index contributed by atoms with van der Waals surface area (Å²) in [5.41, 5.74) is 8.03. The zero-order valence-corrected chi connectivity index (χ0v) is 11.6. The average Bonchev–Trinajstić information content (AvgIpc) is 2.60. The summed E-state index contributed by atoms with van der Waals surface area (Å²) in [6.45, 7) is 12.1. The van der Waals surface area contributed by atoms with Crippen molar-refractivity contribution in [3.05, 3.63) is 36.1 Å². The predicted octanol–water partition coefficient (Wildman–Crippen LogP) is 3.38. The van der Waals surface area contributed by atoms with Crippen LogP contribution in [-0.2, 0) is 0 Å². The lowest BCUT2D eigenvalue weighted by Crippen LogP contribution is -2.14. The van der Waals surface area contributed by atoms with E-state index in [2.05, 4.69) is 24.9 Å². The highest BCUT2D eigenvalue weighted by molar-refractivity contribution is 5.24. The van der Waals surface area contributed by atoms with Crippen LogP contribution in [0.3, 0.4) is 0 Å². The van der Waals surface area contributed by atoms with Crippen LogP contribution in [0, 0.1) is 5.92 Å². The summed E-state index contributed by atoms with van der Waals surface area (Å²) in [7, 11) is 0. The summed E-state index contributed by atoms with van der Waals surface area (Å²) < 4.78 is 0. The largest absolute Gasteiger partial charge is 0.399 e. The Morgan fingerprint density at radius 2 is 2.00 bits per heavy atom. The van der Waals surface area contributed by atoms with E-state index in [4.69, 9.17) is 5.73 Å². The second-order valence-electron chi connectivity index (χ2n) is 4.17. The molecule has 0 aromatic carbocycles. The Kier molecular flexibility index (Phi) is 9.55. The van der Waals surface area contributed by atoms with Crippen LogP contribution in [-0.4, -0.2) is 13.1 Å². The van der Waals surface area contributed by atoms with Crippen molar-refractivity contribution >= 4 is 0 Å². The van der Waals surface area contributed by atoms with Crippen molar-refractivity contribution in [1.82, 2.24) is 5.32 Å². The Hall–Kier alpha value is -1.02. The van der Waals surface area contributed by atoms with Gasteiger partial charge in [0.2, 0.25) is 0 Å². The standard InChI is InChI=1S/C13H22N2.C2H6/c1-3-5-13(14)10-11(2)12-6-4-8-15-9-7-12;1-2/h3,5,10,12,15H,1,4,6-9,14H2,2H3;1-2H3/b11-10+,13-5+;. The fourth-order valence-electron chi connectivity index (χ4n) is 2.04. The Bertz CT molecular complexity index is 256. The molecule has 1 saturated heterocycles. The molecule has 0 aliphatic carbocycles. The summed E-state index contributed by atoms with van der Waals surface area (Å²) >= 11 is 0. The molecule has 0 saturated carbocycles. The van der Waals surface area contributed by atoms with Crippen molar-refractivity contribution in [3.63, 3.8) is 0 Å². The van der Waals surface area contributed by atoms with Gasteiger partial charge in [0, 0.05) is 5.70 Å². The zero-order valence-electron chi connectivity index (χ0n) is 11.6. The second kappa shape index (κ2) is 10.2. The molecular weight excluding hydrogens is 208 g/mol. The smallest absolute Gasteiger partial charge is 0.0313 e. The number of allylic oxidation sites excluding steroid dienone is 4. The molecule has 2 nitrogen and oxygen atoms in total. The Labute approximate surface area is 107 Å². The van der Waals surface area contributed by atoms with Gasteiger partial charge in [-0.25, -0.2) is 0 Å². The lowest BCUT2D eigenvalue weighted by molar-refractivity contribution is 0.544. The maximum absolute atomic E-state index is 5.83. The minimum atomic E-state index is 0.691. The summed E-state index contributed by atoms with van der Waals surface area (Å²) in [4.78, 5) is 0. The molecule has 1 atom stereocenters. The summed E-state index contributed by atoms with van der Waals surface area (Å²) in [6, 6.07) is 0. The quantitative estimate of drug-likeness (QED) is 0.737. The second-order valence-corrected chi connectivity index (χ2v) is 4.17. The van der Waals surface area contributed by atoms with Crippen molar-refractivity contribution in [2.45, 2.75) is 40.0 Å². The molecule has 1 aliphatic heterocycles. The van der Waals surface area contributed by atoms with Crippen molar-refractivity contribution < 1.29 is 0 Å². The van der Waals surface area contributed by atoms with Crippen molar-refractivity contribution in [3.8, 4) is 0 Å². The highest BCUT2D eigenvalue weighted by Crippen LogP contribution is 2.22. The number of hydrogen-bond donors (Lipinski definition) is 2. The van der Waals surface area contributed by atoms with Crippen LogP contribution in [0.1, 0.15) is 40.0 Å².